The van der Waals surface area contributed by atoms with Gasteiger partial charge in [-0.05, 0) is 43.9 Å². The summed E-state index contributed by atoms with van der Waals surface area (Å²) in [5.41, 5.74) is 0.731. The van der Waals surface area contributed by atoms with Gasteiger partial charge in [0.1, 0.15) is 0 Å². The fourth-order valence-corrected chi connectivity index (χ4v) is 2.96. The molecule has 104 valence electrons. The summed E-state index contributed by atoms with van der Waals surface area (Å²) in [7, 11) is 0. The third-order valence-corrected chi connectivity index (χ3v) is 4.02. The molecule has 1 atom stereocenters. The highest BCUT2D eigenvalue weighted by Crippen LogP contribution is 2.23. The first-order chi connectivity index (χ1) is 9.22. The Morgan fingerprint density at radius 2 is 2.32 bits per heavy atom. The monoisotopic (exact) mass is 326 g/mol. The van der Waals surface area contributed by atoms with E-state index in [0.717, 1.165) is 42.3 Å². The molecule has 1 fully saturated rings. The number of hydrogen-bond donors (Lipinski definition) is 1. The van der Waals surface area contributed by atoms with Crippen LogP contribution in [0.1, 0.15) is 36.0 Å². The summed E-state index contributed by atoms with van der Waals surface area (Å²) in [4.78, 5) is 19.2. The quantitative estimate of drug-likeness (QED) is 0.865. The van der Waals surface area contributed by atoms with Crippen LogP contribution in [0.4, 0.5) is 0 Å². The maximum absolute atomic E-state index is 12.6. The number of nitrogens with two attached hydrogens (primary N) is 1. The normalized spacial score (nSPS) is 19.5. The minimum Gasteiger partial charge on any atom is -0.336 e. The fraction of sp³-hybridized carbons (Fsp3) is 0.500. The van der Waals surface area contributed by atoms with Gasteiger partial charge in [0.15, 0.2) is 0 Å². The van der Waals surface area contributed by atoms with Crippen molar-refractivity contribution in [3.05, 3.63) is 34.3 Å². The topological polar surface area (TPSA) is 55.6 Å². The maximum Gasteiger partial charge on any atom is 0.254 e. The fourth-order valence-electron chi connectivity index (χ4n) is 2.56. The Morgan fingerprint density at radius 1 is 1.47 bits per heavy atom. The molecular formula is C14H19BrN2O2. The molecule has 5 heteroatoms. The first-order valence-electron chi connectivity index (χ1n) is 6.60. The van der Waals surface area contributed by atoms with Crippen molar-refractivity contribution < 1.29 is 9.63 Å². The standard InChI is InChI=1S/C14H19BrN2O2/c15-12-5-3-4-11(10-12)14(18)17-8-2-1-6-13(17)7-9-19-16/h3-5,10,13H,1-2,6-9,16H2. The molecule has 0 aromatic heterocycles. The molecule has 0 radical (unpaired) electrons. The van der Waals surface area contributed by atoms with Crippen LogP contribution < -0.4 is 5.90 Å². The van der Waals surface area contributed by atoms with E-state index < -0.39 is 0 Å². The zero-order valence-electron chi connectivity index (χ0n) is 10.8. The molecule has 4 nitrogen and oxygen atoms in total. The lowest BCUT2D eigenvalue weighted by atomic mass is 9.98. The van der Waals surface area contributed by atoms with Crippen LogP contribution in [0.25, 0.3) is 0 Å². The molecule has 0 aliphatic carbocycles. The predicted octanol–water partition coefficient (Wildman–Crippen LogP) is 2.72. The van der Waals surface area contributed by atoms with Gasteiger partial charge in [-0.2, -0.15) is 0 Å². The van der Waals surface area contributed by atoms with Crippen LogP contribution >= 0.6 is 15.9 Å². The lowest BCUT2D eigenvalue weighted by Gasteiger charge is -2.35. The van der Waals surface area contributed by atoms with E-state index in [1.54, 1.807) is 0 Å². The average molecular weight is 327 g/mol. The largest absolute Gasteiger partial charge is 0.336 e. The van der Waals surface area contributed by atoms with Crippen molar-refractivity contribution in [2.24, 2.45) is 5.90 Å². The maximum atomic E-state index is 12.6. The minimum atomic E-state index is 0.100. The number of halogens is 1. The van der Waals surface area contributed by atoms with Crippen molar-refractivity contribution in [3.63, 3.8) is 0 Å². The van der Waals surface area contributed by atoms with Gasteiger partial charge in [-0.25, -0.2) is 5.90 Å². The lowest BCUT2D eigenvalue weighted by Crippen LogP contribution is -2.44. The van der Waals surface area contributed by atoms with Crippen LogP contribution in [0.5, 0.6) is 0 Å². The molecule has 1 aliphatic rings. The Bertz CT molecular complexity index is 439. The number of rotatable bonds is 4. The molecule has 19 heavy (non-hydrogen) atoms. The van der Waals surface area contributed by atoms with Gasteiger partial charge in [0.2, 0.25) is 0 Å². The Balaban J connectivity index is 2.10. The van der Waals surface area contributed by atoms with Crippen LogP contribution in [0.3, 0.4) is 0 Å². The summed E-state index contributed by atoms with van der Waals surface area (Å²) < 4.78 is 0.928. The Hall–Kier alpha value is -0.910. The van der Waals surface area contributed by atoms with Gasteiger partial charge in [0.25, 0.3) is 5.91 Å². The van der Waals surface area contributed by atoms with Gasteiger partial charge in [-0.1, -0.05) is 22.0 Å². The molecule has 2 rings (SSSR count). The van der Waals surface area contributed by atoms with E-state index >= 15 is 0 Å². The van der Waals surface area contributed by atoms with Crippen molar-refractivity contribution in [3.8, 4) is 0 Å². The number of likely N-dealkylation sites (tertiary alicyclic amines) is 1. The van der Waals surface area contributed by atoms with Gasteiger partial charge in [0.05, 0.1) is 6.61 Å². The van der Waals surface area contributed by atoms with E-state index in [-0.39, 0.29) is 11.9 Å². The van der Waals surface area contributed by atoms with Crippen molar-refractivity contribution >= 4 is 21.8 Å². The van der Waals surface area contributed by atoms with Crippen molar-refractivity contribution in [2.45, 2.75) is 31.7 Å². The van der Waals surface area contributed by atoms with Crippen molar-refractivity contribution in [1.82, 2.24) is 4.90 Å². The number of hydrogen-bond acceptors (Lipinski definition) is 3. The minimum absolute atomic E-state index is 0.100. The van der Waals surface area contributed by atoms with Gasteiger partial charge >= 0.3 is 0 Å². The number of nitrogens with zero attached hydrogens (tertiary/aromatic N) is 1. The number of carbonyl (C=O) groups excluding carboxylic acids is 1. The lowest BCUT2D eigenvalue weighted by molar-refractivity contribution is 0.0514. The summed E-state index contributed by atoms with van der Waals surface area (Å²) >= 11 is 3.40. The van der Waals surface area contributed by atoms with E-state index in [1.165, 1.54) is 0 Å². The molecule has 2 N–H and O–H groups in total. The zero-order chi connectivity index (χ0) is 13.7. The molecule has 0 bridgehead atoms. The molecule has 1 heterocycles. The summed E-state index contributed by atoms with van der Waals surface area (Å²) in [6.07, 6.45) is 4.07. The Kier molecular flexibility index (Phi) is 5.36. The SMILES string of the molecule is NOCCC1CCCCN1C(=O)c1cccc(Br)c1. The van der Waals surface area contributed by atoms with Crippen LogP contribution in [0, 0.1) is 0 Å². The Morgan fingerprint density at radius 3 is 3.05 bits per heavy atom. The number of piperidine rings is 1. The number of carbonyl (C=O) groups is 1. The zero-order valence-corrected chi connectivity index (χ0v) is 12.4. The van der Waals surface area contributed by atoms with E-state index in [9.17, 15) is 4.79 Å². The highest BCUT2D eigenvalue weighted by atomic mass is 79.9. The molecule has 1 aromatic rings. The van der Waals surface area contributed by atoms with Crippen molar-refractivity contribution in [2.75, 3.05) is 13.2 Å². The van der Waals surface area contributed by atoms with Gasteiger partial charge in [-0.15, -0.1) is 0 Å². The van der Waals surface area contributed by atoms with E-state index in [2.05, 4.69) is 20.8 Å². The molecular weight excluding hydrogens is 308 g/mol. The average Bonchev–Trinajstić information content (AvgIpc) is 2.44. The molecule has 1 amide bonds. The van der Waals surface area contributed by atoms with Gasteiger partial charge < -0.3 is 9.74 Å². The molecule has 1 aromatic carbocycles. The first kappa shape index (κ1) is 14.5. The third kappa shape index (κ3) is 3.78. The van der Waals surface area contributed by atoms with E-state index in [1.807, 2.05) is 29.2 Å². The van der Waals surface area contributed by atoms with Crippen LogP contribution in [0.15, 0.2) is 28.7 Å². The van der Waals surface area contributed by atoms with E-state index in [0.29, 0.717) is 6.61 Å². The van der Waals surface area contributed by atoms with Crippen LogP contribution in [-0.4, -0.2) is 30.0 Å². The van der Waals surface area contributed by atoms with Gasteiger partial charge in [0, 0.05) is 22.6 Å². The summed E-state index contributed by atoms with van der Waals surface area (Å²) in [6.45, 7) is 1.31. The number of benzene rings is 1. The van der Waals surface area contributed by atoms with Crippen LogP contribution in [-0.2, 0) is 4.84 Å². The third-order valence-electron chi connectivity index (χ3n) is 3.53. The highest BCUT2D eigenvalue weighted by Gasteiger charge is 2.27. The second kappa shape index (κ2) is 7.03. The smallest absolute Gasteiger partial charge is 0.254 e. The predicted molar refractivity (Wildman–Crippen MR) is 77.6 cm³/mol. The van der Waals surface area contributed by atoms with Crippen LogP contribution in [0.2, 0.25) is 0 Å². The molecule has 0 saturated carbocycles. The van der Waals surface area contributed by atoms with E-state index in [4.69, 9.17) is 5.90 Å². The van der Waals surface area contributed by atoms with Crippen molar-refractivity contribution in [1.29, 1.82) is 0 Å². The number of amides is 1. The summed E-state index contributed by atoms with van der Waals surface area (Å²) in [5, 5.41) is 0. The Labute approximate surface area is 122 Å². The summed E-state index contributed by atoms with van der Waals surface area (Å²) in [6, 6.07) is 7.78. The van der Waals surface area contributed by atoms with Gasteiger partial charge in [-0.3, -0.25) is 4.79 Å². The molecule has 1 unspecified atom stereocenters. The molecule has 1 saturated heterocycles. The molecule has 0 spiro atoms. The second-order valence-electron chi connectivity index (χ2n) is 4.82. The molecule has 1 aliphatic heterocycles. The highest BCUT2D eigenvalue weighted by molar-refractivity contribution is 9.10. The second-order valence-corrected chi connectivity index (χ2v) is 5.73. The summed E-state index contributed by atoms with van der Waals surface area (Å²) in [5.74, 6) is 5.19. The first-order valence-corrected chi connectivity index (χ1v) is 7.40.